The standard InChI is InChI=1S/C11H9N3OS/c15-11(10-2-1-4-12-7-10)14-13-6-9-3-5-16-8-9/h1-8H,(H,14,15). The predicted molar refractivity (Wildman–Crippen MR) is 63.6 cm³/mol. The van der Waals surface area contributed by atoms with Crippen LogP contribution in [0, 0.1) is 0 Å². The summed E-state index contributed by atoms with van der Waals surface area (Å²) in [5, 5.41) is 7.74. The molecule has 0 bridgehead atoms. The van der Waals surface area contributed by atoms with E-state index in [1.54, 1.807) is 35.9 Å². The number of pyridine rings is 1. The fourth-order valence-corrected chi connectivity index (χ4v) is 1.69. The van der Waals surface area contributed by atoms with Crippen molar-refractivity contribution in [2.24, 2.45) is 5.10 Å². The number of amides is 1. The van der Waals surface area contributed by atoms with Crippen molar-refractivity contribution in [2.75, 3.05) is 0 Å². The number of hydrazone groups is 1. The van der Waals surface area contributed by atoms with E-state index in [1.165, 1.54) is 6.20 Å². The summed E-state index contributed by atoms with van der Waals surface area (Å²) < 4.78 is 0. The van der Waals surface area contributed by atoms with Crippen LogP contribution in [0.2, 0.25) is 0 Å². The summed E-state index contributed by atoms with van der Waals surface area (Å²) in [5.74, 6) is -0.264. The Hall–Kier alpha value is -2.01. The summed E-state index contributed by atoms with van der Waals surface area (Å²) in [6, 6.07) is 5.31. The summed E-state index contributed by atoms with van der Waals surface area (Å²) in [6.07, 6.45) is 4.71. The van der Waals surface area contributed by atoms with Crippen LogP contribution in [-0.2, 0) is 0 Å². The molecule has 1 N–H and O–H groups in total. The summed E-state index contributed by atoms with van der Waals surface area (Å²) >= 11 is 1.58. The van der Waals surface area contributed by atoms with Crippen molar-refractivity contribution in [3.8, 4) is 0 Å². The number of thiophene rings is 1. The molecule has 0 fully saturated rings. The van der Waals surface area contributed by atoms with Gasteiger partial charge in [-0.2, -0.15) is 16.4 Å². The molecule has 2 aromatic heterocycles. The third-order valence-corrected chi connectivity index (χ3v) is 2.55. The van der Waals surface area contributed by atoms with Crippen LogP contribution in [0.4, 0.5) is 0 Å². The van der Waals surface area contributed by atoms with Crippen molar-refractivity contribution in [1.82, 2.24) is 10.4 Å². The van der Waals surface area contributed by atoms with Crippen molar-refractivity contribution in [3.05, 3.63) is 52.5 Å². The number of nitrogens with one attached hydrogen (secondary N) is 1. The molecule has 2 heterocycles. The summed E-state index contributed by atoms with van der Waals surface area (Å²) in [7, 11) is 0. The topological polar surface area (TPSA) is 54.4 Å². The molecule has 0 radical (unpaired) electrons. The van der Waals surface area contributed by atoms with Gasteiger partial charge >= 0.3 is 0 Å². The molecule has 4 nitrogen and oxygen atoms in total. The van der Waals surface area contributed by atoms with Gasteiger partial charge in [-0.05, 0) is 29.0 Å². The van der Waals surface area contributed by atoms with Crippen LogP contribution in [0.3, 0.4) is 0 Å². The normalized spacial score (nSPS) is 10.5. The van der Waals surface area contributed by atoms with E-state index in [0.717, 1.165) is 5.56 Å². The number of hydrogen-bond donors (Lipinski definition) is 1. The Kier molecular flexibility index (Phi) is 3.40. The van der Waals surface area contributed by atoms with Gasteiger partial charge in [0, 0.05) is 18.0 Å². The number of carbonyl (C=O) groups is 1. The first-order valence-corrected chi connectivity index (χ1v) is 5.56. The molecule has 0 aliphatic heterocycles. The average Bonchev–Trinajstić information content (AvgIpc) is 2.83. The first-order chi connectivity index (χ1) is 7.86. The van der Waals surface area contributed by atoms with Gasteiger partial charge < -0.3 is 0 Å². The van der Waals surface area contributed by atoms with Crippen molar-refractivity contribution in [3.63, 3.8) is 0 Å². The highest BCUT2D eigenvalue weighted by molar-refractivity contribution is 7.08. The molecule has 0 saturated carbocycles. The van der Waals surface area contributed by atoms with E-state index in [1.807, 2.05) is 16.8 Å². The van der Waals surface area contributed by atoms with Crippen LogP contribution in [0.5, 0.6) is 0 Å². The first kappa shape index (κ1) is 10.5. The van der Waals surface area contributed by atoms with Crippen LogP contribution in [0.1, 0.15) is 15.9 Å². The van der Waals surface area contributed by atoms with Crippen molar-refractivity contribution >= 4 is 23.5 Å². The second-order valence-corrected chi connectivity index (χ2v) is 3.78. The van der Waals surface area contributed by atoms with Gasteiger partial charge in [0.2, 0.25) is 0 Å². The van der Waals surface area contributed by atoms with Gasteiger partial charge in [-0.3, -0.25) is 9.78 Å². The zero-order valence-corrected chi connectivity index (χ0v) is 9.15. The zero-order chi connectivity index (χ0) is 11.2. The van der Waals surface area contributed by atoms with Gasteiger partial charge in [-0.1, -0.05) is 0 Å². The third kappa shape index (κ3) is 2.74. The lowest BCUT2D eigenvalue weighted by molar-refractivity contribution is 0.0955. The maximum atomic E-state index is 11.5. The minimum atomic E-state index is -0.264. The van der Waals surface area contributed by atoms with Gasteiger partial charge in [0.15, 0.2) is 0 Å². The van der Waals surface area contributed by atoms with Crippen LogP contribution in [0.25, 0.3) is 0 Å². The molecule has 0 atom stereocenters. The smallest absolute Gasteiger partial charge is 0.267 e. The summed E-state index contributed by atoms with van der Waals surface area (Å²) in [6.45, 7) is 0. The lowest BCUT2D eigenvalue weighted by Gasteiger charge is -1.97. The molecule has 0 aliphatic carbocycles. The number of nitrogens with zero attached hydrogens (tertiary/aromatic N) is 2. The van der Waals surface area contributed by atoms with Crippen LogP contribution >= 0.6 is 11.3 Å². The van der Waals surface area contributed by atoms with Gasteiger partial charge in [-0.25, -0.2) is 5.43 Å². The Bertz CT molecular complexity index is 479. The largest absolute Gasteiger partial charge is 0.272 e. The molecule has 2 rings (SSSR count). The average molecular weight is 231 g/mol. The Morgan fingerprint density at radius 2 is 2.44 bits per heavy atom. The Balaban J connectivity index is 1.94. The monoisotopic (exact) mass is 231 g/mol. The van der Waals surface area contributed by atoms with E-state index in [0.29, 0.717) is 5.56 Å². The molecule has 1 amide bonds. The van der Waals surface area contributed by atoms with Gasteiger partial charge in [0.1, 0.15) is 0 Å². The van der Waals surface area contributed by atoms with E-state index >= 15 is 0 Å². The van der Waals surface area contributed by atoms with Gasteiger partial charge in [0.05, 0.1) is 11.8 Å². The molecule has 2 aromatic rings. The van der Waals surface area contributed by atoms with Gasteiger partial charge in [-0.15, -0.1) is 0 Å². The number of aromatic nitrogens is 1. The molecule has 5 heteroatoms. The third-order valence-electron chi connectivity index (χ3n) is 1.85. The number of rotatable bonds is 3. The van der Waals surface area contributed by atoms with Gasteiger partial charge in [0.25, 0.3) is 5.91 Å². The molecule has 16 heavy (non-hydrogen) atoms. The Morgan fingerprint density at radius 3 is 3.12 bits per heavy atom. The number of carbonyl (C=O) groups excluding carboxylic acids is 1. The first-order valence-electron chi connectivity index (χ1n) is 4.62. The quantitative estimate of drug-likeness (QED) is 0.648. The van der Waals surface area contributed by atoms with Crippen molar-refractivity contribution in [2.45, 2.75) is 0 Å². The fourth-order valence-electron chi connectivity index (χ4n) is 1.08. The molecule has 80 valence electrons. The molecule has 0 unspecified atom stereocenters. The van der Waals surface area contributed by atoms with Crippen LogP contribution < -0.4 is 5.43 Å². The van der Waals surface area contributed by atoms with Crippen molar-refractivity contribution < 1.29 is 4.79 Å². The highest BCUT2D eigenvalue weighted by Gasteiger charge is 2.01. The molecule has 0 aromatic carbocycles. The van der Waals surface area contributed by atoms with E-state index in [2.05, 4.69) is 15.5 Å². The molecule has 0 saturated heterocycles. The molecule has 0 spiro atoms. The van der Waals surface area contributed by atoms with E-state index in [-0.39, 0.29) is 5.91 Å². The zero-order valence-electron chi connectivity index (χ0n) is 8.33. The van der Waals surface area contributed by atoms with E-state index in [9.17, 15) is 4.79 Å². The lowest BCUT2D eigenvalue weighted by Crippen LogP contribution is -2.17. The minimum absolute atomic E-state index is 0.264. The Morgan fingerprint density at radius 1 is 1.50 bits per heavy atom. The number of hydrogen-bond acceptors (Lipinski definition) is 4. The Labute approximate surface area is 96.7 Å². The summed E-state index contributed by atoms with van der Waals surface area (Å²) in [4.78, 5) is 15.4. The maximum Gasteiger partial charge on any atom is 0.272 e. The lowest BCUT2D eigenvalue weighted by atomic mass is 10.3. The summed E-state index contributed by atoms with van der Waals surface area (Å²) in [5.41, 5.74) is 3.89. The predicted octanol–water partition coefficient (Wildman–Crippen LogP) is 1.91. The van der Waals surface area contributed by atoms with Crippen molar-refractivity contribution in [1.29, 1.82) is 0 Å². The SMILES string of the molecule is O=C(NN=Cc1ccsc1)c1cccnc1. The maximum absolute atomic E-state index is 11.5. The second kappa shape index (κ2) is 5.18. The fraction of sp³-hybridized carbons (Fsp3) is 0. The molecular weight excluding hydrogens is 222 g/mol. The van der Waals surface area contributed by atoms with E-state index < -0.39 is 0 Å². The van der Waals surface area contributed by atoms with Crippen LogP contribution in [-0.4, -0.2) is 17.1 Å². The second-order valence-electron chi connectivity index (χ2n) is 3.00. The van der Waals surface area contributed by atoms with E-state index in [4.69, 9.17) is 0 Å². The molecule has 0 aliphatic rings. The van der Waals surface area contributed by atoms with Crippen LogP contribution in [0.15, 0.2) is 46.5 Å². The molecular formula is C11H9N3OS. The highest BCUT2D eigenvalue weighted by Crippen LogP contribution is 2.02. The highest BCUT2D eigenvalue weighted by atomic mass is 32.1. The minimum Gasteiger partial charge on any atom is -0.267 e.